The molecule has 0 aliphatic heterocycles. The Kier molecular flexibility index (Phi) is 6.99. The van der Waals surface area contributed by atoms with Crippen molar-refractivity contribution in [2.24, 2.45) is 0 Å². The van der Waals surface area contributed by atoms with Gasteiger partial charge < -0.3 is 15.5 Å². The van der Waals surface area contributed by atoms with Crippen LogP contribution in [0.4, 0.5) is 17.1 Å². The highest BCUT2D eigenvalue weighted by Gasteiger charge is 2.13. The maximum absolute atomic E-state index is 12.3. The van der Waals surface area contributed by atoms with Gasteiger partial charge in [0.15, 0.2) is 0 Å². The lowest BCUT2D eigenvalue weighted by Crippen LogP contribution is -2.23. The second-order valence-electron chi connectivity index (χ2n) is 6.69. The maximum Gasteiger partial charge on any atom is 0.233 e. The third-order valence-corrected chi connectivity index (χ3v) is 4.81. The fraction of sp³-hybridized carbons (Fsp3) is 0.364. The van der Waals surface area contributed by atoms with Gasteiger partial charge in [-0.25, -0.2) is 0 Å². The summed E-state index contributed by atoms with van der Waals surface area (Å²) in [6, 6.07) is 11.7. The van der Waals surface area contributed by atoms with Crippen molar-refractivity contribution in [1.82, 2.24) is 0 Å². The minimum absolute atomic E-state index is 0.218. The molecule has 0 aliphatic rings. The lowest BCUT2D eigenvalue weighted by molar-refractivity contribution is -0.123. The van der Waals surface area contributed by atoms with Crippen LogP contribution < -0.4 is 15.5 Å². The predicted molar refractivity (Wildman–Crippen MR) is 113 cm³/mol. The van der Waals surface area contributed by atoms with Crippen LogP contribution in [0.3, 0.4) is 0 Å². The molecular formula is C22H29N3O2. The molecule has 5 nitrogen and oxygen atoms in total. The van der Waals surface area contributed by atoms with Gasteiger partial charge in [-0.2, -0.15) is 0 Å². The largest absolute Gasteiger partial charge is 0.372 e. The molecule has 0 atom stereocenters. The van der Waals surface area contributed by atoms with Gasteiger partial charge >= 0.3 is 0 Å². The Bertz CT molecular complexity index is 826. The van der Waals surface area contributed by atoms with E-state index in [1.54, 1.807) is 0 Å². The molecule has 2 rings (SSSR count). The molecule has 144 valence electrons. The topological polar surface area (TPSA) is 61.4 Å². The van der Waals surface area contributed by atoms with E-state index in [0.717, 1.165) is 46.8 Å². The Morgan fingerprint density at radius 3 is 2.07 bits per heavy atom. The number of hydrogen-bond donors (Lipinski definition) is 2. The first-order valence-corrected chi connectivity index (χ1v) is 9.37. The van der Waals surface area contributed by atoms with Crippen molar-refractivity contribution >= 4 is 28.9 Å². The summed E-state index contributed by atoms with van der Waals surface area (Å²) in [7, 11) is 0. The number of benzene rings is 2. The van der Waals surface area contributed by atoms with E-state index in [0.29, 0.717) is 0 Å². The molecule has 0 aromatic heterocycles. The number of hydrogen-bond acceptors (Lipinski definition) is 3. The average Bonchev–Trinajstić information content (AvgIpc) is 2.62. The summed E-state index contributed by atoms with van der Waals surface area (Å²) in [4.78, 5) is 26.7. The van der Waals surface area contributed by atoms with Crippen LogP contribution in [0.15, 0.2) is 36.4 Å². The summed E-state index contributed by atoms with van der Waals surface area (Å²) in [5.41, 5.74) is 5.68. The molecule has 0 bridgehead atoms. The normalized spacial score (nSPS) is 10.4. The lowest BCUT2D eigenvalue weighted by Gasteiger charge is -2.22. The average molecular weight is 367 g/mol. The van der Waals surface area contributed by atoms with E-state index in [9.17, 15) is 9.59 Å². The van der Waals surface area contributed by atoms with Crippen molar-refractivity contribution in [3.05, 3.63) is 53.1 Å². The highest BCUT2D eigenvalue weighted by atomic mass is 16.2. The van der Waals surface area contributed by atoms with E-state index in [-0.39, 0.29) is 18.2 Å². The number of nitrogens with zero attached hydrogens (tertiary/aromatic N) is 1. The zero-order valence-corrected chi connectivity index (χ0v) is 16.8. The summed E-state index contributed by atoms with van der Waals surface area (Å²) in [5.74, 6) is -0.643. The highest BCUT2D eigenvalue weighted by Crippen LogP contribution is 2.23. The molecule has 0 aliphatic carbocycles. The van der Waals surface area contributed by atoms with Gasteiger partial charge in [-0.15, -0.1) is 0 Å². The number of carbonyl (C=O) groups is 2. The van der Waals surface area contributed by atoms with Crippen LogP contribution in [0.5, 0.6) is 0 Å². The van der Waals surface area contributed by atoms with Crippen LogP contribution in [0.25, 0.3) is 0 Å². The molecule has 0 heterocycles. The van der Waals surface area contributed by atoms with Crippen molar-refractivity contribution in [1.29, 1.82) is 0 Å². The van der Waals surface area contributed by atoms with Gasteiger partial charge in [0.05, 0.1) is 0 Å². The highest BCUT2D eigenvalue weighted by molar-refractivity contribution is 6.08. The molecule has 0 unspecified atom stereocenters. The summed E-state index contributed by atoms with van der Waals surface area (Å²) >= 11 is 0. The Balaban J connectivity index is 1.99. The molecule has 0 spiro atoms. The van der Waals surface area contributed by atoms with Crippen LogP contribution in [0.2, 0.25) is 0 Å². The molecule has 0 saturated heterocycles. The van der Waals surface area contributed by atoms with Crippen molar-refractivity contribution in [3.8, 4) is 0 Å². The first kappa shape index (κ1) is 20.5. The Morgan fingerprint density at radius 2 is 1.48 bits per heavy atom. The standard InChI is InChI=1S/C22H29N3O2/c1-6-25(7-2)18-11-12-19(16(4)13-18)23-21(26)14-22(27)24-20-10-8-9-15(3)17(20)5/h8-13H,6-7,14H2,1-5H3,(H,23,26)(H,24,27). The molecule has 27 heavy (non-hydrogen) atoms. The molecule has 2 aromatic carbocycles. The van der Waals surface area contributed by atoms with Crippen LogP contribution in [0, 0.1) is 20.8 Å². The van der Waals surface area contributed by atoms with Gasteiger partial charge in [-0.1, -0.05) is 12.1 Å². The van der Waals surface area contributed by atoms with Crippen LogP contribution in [0.1, 0.15) is 37.0 Å². The van der Waals surface area contributed by atoms with Crippen molar-refractivity contribution < 1.29 is 9.59 Å². The monoisotopic (exact) mass is 367 g/mol. The van der Waals surface area contributed by atoms with Crippen molar-refractivity contribution in [2.75, 3.05) is 28.6 Å². The molecule has 0 radical (unpaired) electrons. The van der Waals surface area contributed by atoms with Gasteiger partial charge in [-0.05, 0) is 75.6 Å². The molecule has 0 fully saturated rings. The first-order chi connectivity index (χ1) is 12.8. The Labute approximate surface area is 161 Å². The predicted octanol–water partition coefficient (Wildman–Crippen LogP) is 4.43. The lowest BCUT2D eigenvalue weighted by atomic mass is 10.1. The Morgan fingerprint density at radius 1 is 0.852 bits per heavy atom. The summed E-state index contributed by atoms with van der Waals surface area (Å²) in [5, 5.41) is 5.65. The fourth-order valence-electron chi connectivity index (χ4n) is 2.99. The summed E-state index contributed by atoms with van der Waals surface area (Å²) < 4.78 is 0. The summed E-state index contributed by atoms with van der Waals surface area (Å²) in [6.07, 6.45) is -0.218. The van der Waals surface area contributed by atoms with Gasteiger partial charge in [0.2, 0.25) is 11.8 Å². The second-order valence-corrected chi connectivity index (χ2v) is 6.69. The third-order valence-electron chi connectivity index (χ3n) is 4.81. The van der Waals surface area contributed by atoms with E-state index in [2.05, 4.69) is 35.4 Å². The zero-order valence-electron chi connectivity index (χ0n) is 16.8. The Hall–Kier alpha value is -2.82. The molecule has 2 N–H and O–H groups in total. The zero-order chi connectivity index (χ0) is 20.0. The first-order valence-electron chi connectivity index (χ1n) is 9.37. The molecule has 2 amide bonds. The number of aryl methyl sites for hydroxylation is 2. The van der Waals surface area contributed by atoms with Gasteiger partial charge in [0.25, 0.3) is 0 Å². The maximum atomic E-state index is 12.3. The third kappa shape index (κ3) is 5.33. The quantitative estimate of drug-likeness (QED) is 0.712. The number of nitrogens with one attached hydrogen (secondary N) is 2. The van der Waals surface area contributed by atoms with Crippen LogP contribution in [-0.2, 0) is 9.59 Å². The van der Waals surface area contributed by atoms with E-state index >= 15 is 0 Å². The molecule has 0 saturated carbocycles. The van der Waals surface area contributed by atoms with E-state index in [1.165, 1.54) is 0 Å². The fourth-order valence-corrected chi connectivity index (χ4v) is 2.99. The van der Waals surface area contributed by atoms with Gasteiger partial charge in [-0.3, -0.25) is 9.59 Å². The number of carbonyl (C=O) groups excluding carboxylic acids is 2. The smallest absolute Gasteiger partial charge is 0.233 e. The molecule has 2 aromatic rings. The van der Waals surface area contributed by atoms with E-state index in [1.807, 2.05) is 51.1 Å². The summed E-state index contributed by atoms with van der Waals surface area (Å²) in [6.45, 7) is 12.0. The van der Waals surface area contributed by atoms with Gasteiger partial charge in [0, 0.05) is 30.2 Å². The number of anilines is 3. The van der Waals surface area contributed by atoms with Crippen molar-refractivity contribution in [3.63, 3.8) is 0 Å². The molecule has 5 heteroatoms. The van der Waals surface area contributed by atoms with Gasteiger partial charge in [0.1, 0.15) is 6.42 Å². The van der Waals surface area contributed by atoms with Crippen LogP contribution >= 0.6 is 0 Å². The van der Waals surface area contributed by atoms with Crippen LogP contribution in [-0.4, -0.2) is 24.9 Å². The van der Waals surface area contributed by atoms with E-state index in [4.69, 9.17) is 0 Å². The second kappa shape index (κ2) is 9.21. The number of amides is 2. The van der Waals surface area contributed by atoms with E-state index < -0.39 is 0 Å². The minimum Gasteiger partial charge on any atom is -0.372 e. The molecular weight excluding hydrogens is 338 g/mol. The van der Waals surface area contributed by atoms with Crippen molar-refractivity contribution in [2.45, 2.75) is 41.0 Å². The number of rotatable bonds is 7. The SMILES string of the molecule is CCN(CC)c1ccc(NC(=O)CC(=O)Nc2cccc(C)c2C)c(C)c1. The minimum atomic E-state index is -0.323.